The van der Waals surface area contributed by atoms with E-state index in [9.17, 15) is 14.7 Å². The number of benzene rings is 2. The first-order chi connectivity index (χ1) is 14.1. The van der Waals surface area contributed by atoms with Gasteiger partial charge in [0.25, 0.3) is 0 Å². The molecule has 7 heteroatoms. The van der Waals surface area contributed by atoms with Gasteiger partial charge in [-0.05, 0) is 29.7 Å². The van der Waals surface area contributed by atoms with Crippen LogP contribution >= 0.6 is 0 Å². The Kier molecular flexibility index (Phi) is 7.08. The molecule has 0 aromatic heterocycles. The van der Waals surface area contributed by atoms with E-state index in [1.165, 1.54) is 0 Å². The van der Waals surface area contributed by atoms with Crippen LogP contribution in [0.25, 0.3) is 0 Å². The third-order valence-corrected chi connectivity index (χ3v) is 5.06. The smallest absolute Gasteiger partial charge is 0.410 e. The number of amides is 1. The van der Waals surface area contributed by atoms with E-state index in [4.69, 9.17) is 9.47 Å². The predicted molar refractivity (Wildman–Crippen MR) is 108 cm³/mol. The normalized spacial score (nSPS) is 17.4. The van der Waals surface area contributed by atoms with Gasteiger partial charge in [0.1, 0.15) is 18.4 Å². The quantitative estimate of drug-likeness (QED) is 0.806. The molecule has 3 rings (SSSR count). The van der Waals surface area contributed by atoms with Crippen molar-refractivity contribution in [3.63, 3.8) is 0 Å². The SMILES string of the molecule is COc1ccc(CN2CCN(C(=O)OCc3ccccc3)CCC2C(=O)O)cc1. The molecule has 7 nitrogen and oxygen atoms in total. The first-order valence-corrected chi connectivity index (χ1v) is 9.62. The largest absolute Gasteiger partial charge is 0.497 e. The minimum Gasteiger partial charge on any atom is -0.497 e. The Morgan fingerprint density at radius 3 is 2.38 bits per heavy atom. The van der Waals surface area contributed by atoms with E-state index in [2.05, 4.69) is 0 Å². The molecule has 2 aromatic carbocycles. The lowest BCUT2D eigenvalue weighted by atomic mass is 10.1. The molecule has 0 radical (unpaired) electrons. The number of ether oxygens (including phenoxy) is 2. The van der Waals surface area contributed by atoms with Crippen LogP contribution < -0.4 is 4.74 Å². The molecule has 1 aliphatic heterocycles. The van der Waals surface area contributed by atoms with Gasteiger partial charge in [-0.1, -0.05) is 42.5 Å². The van der Waals surface area contributed by atoms with Crippen LogP contribution in [0.2, 0.25) is 0 Å². The van der Waals surface area contributed by atoms with Crippen molar-refractivity contribution in [3.8, 4) is 5.75 Å². The van der Waals surface area contributed by atoms with E-state index in [-0.39, 0.29) is 6.61 Å². The Labute approximate surface area is 170 Å². The summed E-state index contributed by atoms with van der Waals surface area (Å²) < 4.78 is 10.6. The summed E-state index contributed by atoms with van der Waals surface area (Å²) in [7, 11) is 1.61. The lowest BCUT2D eigenvalue weighted by Gasteiger charge is -2.26. The van der Waals surface area contributed by atoms with Gasteiger partial charge in [0.2, 0.25) is 0 Å². The molecular formula is C22H26N2O5. The Morgan fingerprint density at radius 2 is 1.72 bits per heavy atom. The summed E-state index contributed by atoms with van der Waals surface area (Å²) >= 11 is 0. The number of hydrogen-bond donors (Lipinski definition) is 1. The maximum atomic E-state index is 12.5. The molecule has 1 unspecified atom stereocenters. The average Bonchev–Trinajstić information content (AvgIpc) is 2.96. The fraction of sp³-hybridized carbons (Fsp3) is 0.364. The van der Waals surface area contributed by atoms with Crippen molar-refractivity contribution < 1.29 is 24.2 Å². The van der Waals surface area contributed by atoms with Crippen molar-refractivity contribution in [2.24, 2.45) is 0 Å². The van der Waals surface area contributed by atoms with E-state index in [1.807, 2.05) is 59.5 Å². The third-order valence-electron chi connectivity index (χ3n) is 5.06. The number of aliphatic carboxylic acids is 1. The molecule has 1 saturated heterocycles. The number of carbonyl (C=O) groups is 2. The minimum absolute atomic E-state index is 0.202. The molecular weight excluding hydrogens is 372 g/mol. The number of methoxy groups -OCH3 is 1. The van der Waals surface area contributed by atoms with E-state index in [0.717, 1.165) is 16.9 Å². The molecule has 0 spiro atoms. The molecule has 0 aliphatic carbocycles. The highest BCUT2D eigenvalue weighted by Gasteiger charge is 2.31. The van der Waals surface area contributed by atoms with E-state index in [1.54, 1.807) is 12.0 Å². The highest BCUT2D eigenvalue weighted by Crippen LogP contribution is 2.18. The van der Waals surface area contributed by atoms with Gasteiger partial charge in [0, 0.05) is 26.2 Å². The molecule has 1 N–H and O–H groups in total. The maximum absolute atomic E-state index is 12.5. The highest BCUT2D eigenvalue weighted by molar-refractivity contribution is 5.74. The van der Waals surface area contributed by atoms with Crippen molar-refractivity contribution in [2.75, 3.05) is 26.7 Å². The van der Waals surface area contributed by atoms with Crippen molar-refractivity contribution in [1.29, 1.82) is 0 Å². The monoisotopic (exact) mass is 398 g/mol. The Hall–Kier alpha value is -3.06. The molecule has 1 heterocycles. The minimum atomic E-state index is -0.877. The second-order valence-electron chi connectivity index (χ2n) is 6.99. The van der Waals surface area contributed by atoms with E-state index >= 15 is 0 Å². The van der Waals surface area contributed by atoms with Gasteiger partial charge in [-0.15, -0.1) is 0 Å². The van der Waals surface area contributed by atoms with Crippen LogP contribution in [0.4, 0.5) is 4.79 Å². The number of nitrogens with zero attached hydrogens (tertiary/aromatic N) is 2. The van der Waals surface area contributed by atoms with Crippen LogP contribution in [0.15, 0.2) is 54.6 Å². The Bertz CT molecular complexity index is 810. The highest BCUT2D eigenvalue weighted by atomic mass is 16.6. The third kappa shape index (κ3) is 5.71. The molecule has 2 aromatic rings. The molecule has 29 heavy (non-hydrogen) atoms. The Balaban J connectivity index is 1.61. The average molecular weight is 398 g/mol. The molecule has 1 amide bonds. The maximum Gasteiger partial charge on any atom is 0.410 e. The van der Waals surface area contributed by atoms with Crippen molar-refractivity contribution in [3.05, 3.63) is 65.7 Å². The standard InChI is InChI=1S/C22H26N2O5/c1-28-19-9-7-17(8-10-19)15-24-14-13-23(12-11-20(24)21(25)26)22(27)29-16-18-5-3-2-4-6-18/h2-10,20H,11-16H2,1H3,(H,25,26). The topological polar surface area (TPSA) is 79.3 Å². The van der Waals surface area contributed by atoms with Gasteiger partial charge in [-0.3, -0.25) is 9.69 Å². The lowest BCUT2D eigenvalue weighted by Crippen LogP contribution is -2.41. The van der Waals surface area contributed by atoms with Gasteiger partial charge < -0.3 is 19.5 Å². The second kappa shape index (κ2) is 9.93. The second-order valence-corrected chi connectivity index (χ2v) is 6.99. The zero-order valence-electron chi connectivity index (χ0n) is 16.5. The van der Waals surface area contributed by atoms with Gasteiger partial charge in [0.15, 0.2) is 0 Å². The van der Waals surface area contributed by atoms with Gasteiger partial charge in [-0.2, -0.15) is 0 Å². The molecule has 1 fully saturated rings. The fourth-order valence-corrected chi connectivity index (χ4v) is 3.41. The van der Waals surface area contributed by atoms with Crippen LogP contribution in [0, 0.1) is 0 Å². The molecule has 1 atom stereocenters. The van der Waals surface area contributed by atoms with Gasteiger partial charge in [-0.25, -0.2) is 4.79 Å². The molecule has 1 aliphatic rings. The van der Waals surface area contributed by atoms with Gasteiger partial charge in [0.05, 0.1) is 7.11 Å². The summed E-state index contributed by atoms with van der Waals surface area (Å²) in [5.74, 6) is -0.121. The van der Waals surface area contributed by atoms with E-state index in [0.29, 0.717) is 32.6 Å². The summed E-state index contributed by atoms with van der Waals surface area (Å²) in [6, 6.07) is 16.4. The van der Waals surface area contributed by atoms with Crippen LogP contribution in [-0.4, -0.2) is 59.8 Å². The number of carboxylic acid groups (broad SMARTS) is 1. The zero-order chi connectivity index (χ0) is 20.6. The van der Waals surface area contributed by atoms with Crippen molar-refractivity contribution in [1.82, 2.24) is 9.80 Å². The van der Waals surface area contributed by atoms with Crippen molar-refractivity contribution in [2.45, 2.75) is 25.6 Å². The summed E-state index contributed by atoms with van der Waals surface area (Å²) in [4.78, 5) is 27.7. The van der Waals surface area contributed by atoms with Crippen LogP contribution in [0.1, 0.15) is 17.5 Å². The first kappa shape index (κ1) is 20.7. The summed E-state index contributed by atoms with van der Waals surface area (Å²) in [5.41, 5.74) is 1.91. The summed E-state index contributed by atoms with van der Waals surface area (Å²) in [6.07, 6.45) is -0.0596. The number of carboxylic acids is 1. The fourth-order valence-electron chi connectivity index (χ4n) is 3.41. The summed E-state index contributed by atoms with van der Waals surface area (Å²) in [5, 5.41) is 9.67. The number of rotatable bonds is 6. The summed E-state index contributed by atoms with van der Waals surface area (Å²) in [6.45, 7) is 1.93. The lowest BCUT2D eigenvalue weighted by molar-refractivity contribution is -0.143. The van der Waals surface area contributed by atoms with Crippen LogP contribution in [-0.2, 0) is 22.7 Å². The molecule has 0 saturated carbocycles. The van der Waals surface area contributed by atoms with Crippen LogP contribution in [0.5, 0.6) is 5.75 Å². The van der Waals surface area contributed by atoms with Crippen LogP contribution in [0.3, 0.4) is 0 Å². The number of carbonyl (C=O) groups excluding carboxylic acids is 1. The zero-order valence-corrected chi connectivity index (χ0v) is 16.5. The van der Waals surface area contributed by atoms with Crippen molar-refractivity contribution >= 4 is 12.1 Å². The molecule has 0 bridgehead atoms. The predicted octanol–water partition coefficient (Wildman–Crippen LogP) is 2.99. The Morgan fingerprint density at radius 1 is 1.00 bits per heavy atom. The molecule has 154 valence electrons. The number of hydrogen-bond acceptors (Lipinski definition) is 5. The first-order valence-electron chi connectivity index (χ1n) is 9.62. The van der Waals surface area contributed by atoms with Gasteiger partial charge >= 0.3 is 12.1 Å². The van der Waals surface area contributed by atoms with E-state index < -0.39 is 18.1 Å².